The van der Waals surface area contributed by atoms with E-state index in [-0.39, 0.29) is 6.54 Å². The van der Waals surface area contributed by atoms with Crippen LogP contribution in [0.4, 0.5) is 0 Å². The maximum Gasteiger partial charge on any atom is 0.240 e. The zero-order valence-corrected chi connectivity index (χ0v) is 9.70. The molecule has 0 saturated heterocycles. The second kappa shape index (κ2) is 4.01. The molecule has 0 amide bonds. The molecule has 1 aliphatic heterocycles. The molecule has 0 radical (unpaired) electrons. The molecule has 88 valence electrons. The van der Waals surface area contributed by atoms with E-state index >= 15 is 0 Å². The van der Waals surface area contributed by atoms with Gasteiger partial charge in [0.1, 0.15) is 5.75 Å². The summed E-state index contributed by atoms with van der Waals surface area (Å²) in [6.45, 7) is 0.896. The van der Waals surface area contributed by atoms with Crippen LogP contribution < -0.4 is 10.5 Å². The number of hydrogen-bond acceptors (Lipinski definition) is 5. The van der Waals surface area contributed by atoms with Crippen molar-refractivity contribution in [1.82, 2.24) is 10.1 Å². The minimum Gasteiger partial charge on any atom is -0.491 e. The number of nitrogens with two attached hydrogens (primary N) is 1. The van der Waals surface area contributed by atoms with E-state index in [1.54, 1.807) is 6.07 Å². The van der Waals surface area contributed by atoms with Crippen molar-refractivity contribution in [3.05, 3.63) is 28.6 Å². The molecule has 0 saturated carbocycles. The summed E-state index contributed by atoms with van der Waals surface area (Å²) in [5.74, 6) is 1.67. The number of halogens is 1. The van der Waals surface area contributed by atoms with Crippen LogP contribution in [0.1, 0.15) is 11.5 Å². The first-order valence-electron chi connectivity index (χ1n) is 5.26. The molecule has 2 N–H and O–H groups in total. The van der Waals surface area contributed by atoms with Gasteiger partial charge in [0, 0.05) is 12.0 Å². The van der Waals surface area contributed by atoms with Crippen molar-refractivity contribution in [2.24, 2.45) is 5.73 Å². The molecule has 17 heavy (non-hydrogen) atoms. The Labute approximate surface area is 103 Å². The van der Waals surface area contributed by atoms with Crippen LogP contribution in [-0.2, 0) is 13.0 Å². The fourth-order valence-electron chi connectivity index (χ4n) is 1.84. The number of aromatic nitrogens is 2. The fraction of sp³-hybridized carbons (Fsp3) is 0.273. The van der Waals surface area contributed by atoms with Crippen LogP contribution in [0.25, 0.3) is 11.4 Å². The average Bonchev–Trinajstić information content (AvgIpc) is 2.97. The molecule has 1 aromatic heterocycles. The fourth-order valence-corrected chi connectivity index (χ4v) is 2.14. The quantitative estimate of drug-likeness (QED) is 0.881. The third kappa shape index (κ3) is 1.77. The Balaban J connectivity index is 2.06. The van der Waals surface area contributed by atoms with Gasteiger partial charge in [-0.1, -0.05) is 16.8 Å². The standard InChI is InChI=1S/C11H10ClN3O2/c12-8-4-7(3-6-1-2-16-10(6)8)11-14-9(5-13)17-15-11/h3-4H,1-2,5,13H2. The minimum atomic E-state index is 0.231. The van der Waals surface area contributed by atoms with Crippen LogP contribution in [0.15, 0.2) is 16.7 Å². The Hall–Kier alpha value is -1.59. The molecule has 0 atom stereocenters. The number of benzene rings is 1. The van der Waals surface area contributed by atoms with Crippen LogP contribution in [0, 0.1) is 0 Å². The molecule has 0 bridgehead atoms. The minimum absolute atomic E-state index is 0.231. The molecule has 2 aromatic rings. The van der Waals surface area contributed by atoms with Crippen molar-refractivity contribution in [3.63, 3.8) is 0 Å². The summed E-state index contributed by atoms with van der Waals surface area (Å²) in [6.07, 6.45) is 0.852. The van der Waals surface area contributed by atoms with E-state index < -0.39 is 0 Å². The molecule has 0 aliphatic carbocycles. The smallest absolute Gasteiger partial charge is 0.240 e. The highest BCUT2D eigenvalue weighted by Gasteiger charge is 2.19. The average molecular weight is 252 g/mol. The first kappa shape index (κ1) is 10.6. The number of nitrogens with zero attached hydrogens (tertiary/aromatic N) is 2. The van der Waals surface area contributed by atoms with Crippen LogP contribution in [0.2, 0.25) is 5.02 Å². The summed E-state index contributed by atoms with van der Waals surface area (Å²) >= 11 is 6.13. The summed E-state index contributed by atoms with van der Waals surface area (Å²) in [5.41, 5.74) is 7.32. The molecular weight excluding hydrogens is 242 g/mol. The van der Waals surface area contributed by atoms with Gasteiger partial charge in [-0.25, -0.2) is 0 Å². The van der Waals surface area contributed by atoms with Crippen molar-refractivity contribution >= 4 is 11.6 Å². The molecule has 0 spiro atoms. The molecule has 0 fully saturated rings. The molecule has 2 heterocycles. The predicted molar refractivity (Wildman–Crippen MR) is 61.8 cm³/mol. The SMILES string of the molecule is NCc1nc(-c2cc(Cl)c3c(c2)CCO3)no1. The Morgan fingerprint density at radius 1 is 1.41 bits per heavy atom. The van der Waals surface area contributed by atoms with Gasteiger partial charge >= 0.3 is 0 Å². The maximum atomic E-state index is 6.13. The molecule has 0 unspecified atom stereocenters. The van der Waals surface area contributed by atoms with Crippen molar-refractivity contribution in [1.29, 1.82) is 0 Å². The van der Waals surface area contributed by atoms with Gasteiger partial charge in [-0.05, 0) is 17.7 Å². The summed E-state index contributed by atoms with van der Waals surface area (Å²) in [6, 6.07) is 3.75. The lowest BCUT2D eigenvalue weighted by Crippen LogP contribution is -1.95. The zero-order valence-electron chi connectivity index (χ0n) is 8.94. The van der Waals surface area contributed by atoms with E-state index in [1.807, 2.05) is 6.07 Å². The van der Waals surface area contributed by atoms with E-state index in [1.165, 1.54) is 0 Å². The van der Waals surface area contributed by atoms with E-state index in [0.29, 0.717) is 23.3 Å². The summed E-state index contributed by atoms with van der Waals surface area (Å²) < 4.78 is 10.4. The van der Waals surface area contributed by atoms with Gasteiger partial charge in [-0.2, -0.15) is 4.98 Å². The lowest BCUT2D eigenvalue weighted by atomic mass is 10.1. The maximum absolute atomic E-state index is 6.13. The van der Waals surface area contributed by atoms with Crippen molar-refractivity contribution < 1.29 is 9.26 Å². The Kier molecular flexibility index (Phi) is 2.49. The van der Waals surface area contributed by atoms with E-state index in [2.05, 4.69) is 10.1 Å². The number of fused-ring (bicyclic) bond motifs is 1. The van der Waals surface area contributed by atoms with Crippen LogP contribution in [0.5, 0.6) is 5.75 Å². The molecular formula is C11H10ClN3O2. The van der Waals surface area contributed by atoms with Crippen molar-refractivity contribution in [2.75, 3.05) is 6.61 Å². The van der Waals surface area contributed by atoms with E-state index in [4.69, 9.17) is 26.6 Å². The van der Waals surface area contributed by atoms with Crippen molar-refractivity contribution in [3.8, 4) is 17.1 Å². The number of ether oxygens (including phenoxy) is 1. The van der Waals surface area contributed by atoms with Gasteiger partial charge in [0.2, 0.25) is 11.7 Å². The van der Waals surface area contributed by atoms with E-state index in [9.17, 15) is 0 Å². The lowest BCUT2D eigenvalue weighted by molar-refractivity contribution is 0.357. The van der Waals surface area contributed by atoms with Gasteiger partial charge in [0.15, 0.2) is 0 Å². The monoisotopic (exact) mass is 251 g/mol. The second-order valence-corrected chi connectivity index (χ2v) is 4.17. The highest BCUT2D eigenvalue weighted by molar-refractivity contribution is 6.32. The first-order chi connectivity index (χ1) is 8.28. The molecule has 3 rings (SSSR count). The summed E-state index contributed by atoms with van der Waals surface area (Å²) in [4.78, 5) is 4.16. The molecule has 6 heteroatoms. The summed E-state index contributed by atoms with van der Waals surface area (Å²) in [7, 11) is 0. The van der Waals surface area contributed by atoms with Crippen LogP contribution >= 0.6 is 11.6 Å². The summed E-state index contributed by atoms with van der Waals surface area (Å²) in [5, 5.41) is 4.44. The Morgan fingerprint density at radius 3 is 3.06 bits per heavy atom. The lowest BCUT2D eigenvalue weighted by Gasteiger charge is -2.03. The van der Waals surface area contributed by atoms with Crippen LogP contribution in [0.3, 0.4) is 0 Å². The topological polar surface area (TPSA) is 74.2 Å². The Bertz CT molecular complexity index is 568. The van der Waals surface area contributed by atoms with Gasteiger partial charge < -0.3 is 15.0 Å². The largest absolute Gasteiger partial charge is 0.491 e. The third-order valence-corrected chi connectivity index (χ3v) is 2.92. The molecule has 1 aliphatic rings. The highest BCUT2D eigenvalue weighted by Crippen LogP contribution is 2.36. The first-order valence-corrected chi connectivity index (χ1v) is 5.64. The van der Waals surface area contributed by atoms with Gasteiger partial charge in [0.25, 0.3) is 0 Å². The Morgan fingerprint density at radius 2 is 2.29 bits per heavy atom. The normalized spacial score (nSPS) is 13.5. The number of hydrogen-bond donors (Lipinski definition) is 1. The van der Waals surface area contributed by atoms with Crippen LogP contribution in [-0.4, -0.2) is 16.7 Å². The predicted octanol–water partition coefficient (Wildman–Crippen LogP) is 1.78. The van der Waals surface area contributed by atoms with Gasteiger partial charge in [-0.3, -0.25) is 0 Å². The van der Waals surface area contributed by atoms with Gasteiger partial charge in [-0.15, -0.1) is 0 Å². The molecule has 5 nitrogen and oxygen atoms in total. The van der Waals surface area contributed by atoms with Gasteiger partial charge in [0.05, 0.1) is 18.2 Å². The van der Waals surface area contributed by atoms with E-state index in [0.717, 1.165) is 23.3 Å². The van der Waals surface area contributed by atoms with Crippen molar-refractivity contribution in [2.45, 2.75) is 13.0 Å². The molecule has 1 aromatic carbocycles. The second-order valence-electron chi connectivity index (χ2n) is 3.76. The highest BCUT2D eigenvalue weighted by atomic mass is 35.5. The zero-order chi connectivity index (χ0) is 11.8. The third-order valence-electron chi connectivity index (χ3n) is 2.64. The number of rotatable bonds is 2.